The lowest BCUT2D eigenvalue weighted by atomic mass is 9.84. The molecule has 1 spiro atoms. The molecule has 70 heavy (non-hydrogen) atoms. The number of ether oxygens (including phenoxy) is 3. The van der Waals surface area contributed by atoms with Gasteiger partial charge in [0.2, 0.25) is 17.7 Å². The SMILES string of the molecule is C=CC(=O)N1CC[C@]2(C1)OCC(C(=O)N(C)[C@H](C(=O)N[C@H]1Cc3cccc(c3)-c3ccc4c(c3)c(c(-c3cccnc3[C@H](C)OC)n4CC)CC(C)(C)COC(=O)[C@@H]3CCCN(N3)C1=O)C(C)C)C2=O. The molecule has 4 aliphatic heterocycles. The van der Waals surface area contributed by atoms with E-state index in [0.29, 0.717) is 32.4 Å². The number of nitrogens with one attached hydrogen (secondary N) is 2. The highest BCUT2D eigenvalue weighted by molar-refractivity contribution is 6.08. The van der Waals surface area contributed by atoms with Crippen LogP contribution in [0.4, 0.5) is 0 Å². The van der Waals surface area contributed by atoms with Crippen molar-refractivity contribution >= 4 is 46.3 Å². The maximum Gasteiger partial charge on any atom is 0.324 e. The van der Waals surface area contributed by atoms with Gasteiger partial charge in [-0.2, -0.15) is 0 Å². The predicted octanol–water partition coefficient (Wildman–Crippen LogP) is 5.60. The lowest BCUT2D eigenvalue weighted by Crippen LogP contribution is -2.62. The summed E-state index contributed by atoms with van der Waals surface area (Å²) in [5, 5.41) is 5.47. The summed E-state index contributed by atoms with van der Waals surface area (Å²) in [6.45, 7) is 16.7. The first-order chi connectivity index (χ1) is 33.4. The molecule has 1 unspecified atom stereocenters. The largest absolute Gasteiger partial charge is 0.464 e. The van der Waals surface area contributed by atoms with Crippen LogP contribution in [0, 0.1) is 17.3 Å². The number of pyridine rings is 1. The average molecular weight is 958 g/mol. The molecule has 8 rings (SSSR count). The Bertz CT molecular complexity index is 2710. The minimum atomic E-state index is -1.30. The highest BCUT2D eigenvalue weighted by Crippen LogP contribution is 2.42. The molecule has 0 radical (unpaired) electrons. The number of methoxy groups -OCH3 is 1. The summed E-state index contributed by atoms with van der Waals surface area (Å²) in [6, 6.07) is 15.4. The monoisotopic (exact) mass is 958 g/mol. The van der Waals surface area contributed by atoms with E-state index in [4.69, 9.17) is 19.2 Å². The standard InChI is InChI=1S/C54H67N7O9/c1-10-44(62)59-24-21-54(30-59)48(63)40(29-70-54)50(65)58(8)46(32(3)4)49(64)56-42-26-34-15-12-16-35(25-34)36-19-20-43-38(27-36)39(47(60(43)11-2)37-17-13-22-55-45(37)33(5)68-9)28-53(6,7)31-69-52(67)41-18-14-23-61(57-41)51(42)66/h10,12-13,15-17,19-20,22,25,27,32-33,40-42,46,57H,1,11,14,18,21,23-24,26,28-31H2,2-9H3,(H,56,64)/t33-,40?,41-,42-,46-,54+/m0/s1. The highest BCUT2D eigenvalue weighted by Gasteiger charge is 2.56. The number of rotatable bonds is 10. The molecule has 3 saturated heterocycles. The minimum absolute atomic E-state index is 0.0228. The zero-order valence-electron chi connectivity index (χ0n) is 41.7. The third kappa shape index (κ3) is 9.65. The quantitative estimate of drug-likeness (QED) is 0.115. The number of Topliss-reactive ketones (excluding diaryl/α,β-unsaturated/α-hetero) is 1. The Morgan fingerprint density at radius 3 is 2.56 bits per heavy atom. The molecule has 6 atom stereocenters. The van der Waals surface area contributed by atoms with Gasteiger partial charge in [0.15, 0.2) is 5.78 Å². The number of benzene rings is 2. The van der Waals surface area contributed by atoms with Crippen LogP contribution in [0.1, 0.15) is 83.7 Å². The summed E-state index contributed by atoms with van der Waals surface area (Å²) in [5.74, 6) is -4.44. The van der Waals surface area contributed by atoms with Gasteiger partial charge in [0.1, 0.15) is 29.6 Å². The number of likely N-dealkylation sites (tertiary alicyclic amines) is 1. The Hall–Kier alpha value is -6.23. The van der Waals surface area contributed by atoms with E-state index >= 15 is 0 Å². The normalized spacial score (nSPS) is 23.6. The van der Waals surface area contributed by atoms with Crippen LogP contribution in [0.5, 0.6) is 0 Å². The fraction of sp³-hybridized carbons (Fsp3) is 0.500. The molecule has 2 aromatic heterocycles. The molecule has 2 N–H and O–H groups in total. The number of hydrogen-bond acceptors (Lipinski definition) is 11. The van der Waals surface area contributed by atoms with E-state index in [-0.39, 0.29) is 51.2 Å². The zero-order chi connectivity index (χ0) is 50.2. The number of aryl methyl sites for hydroxylation is 1. The Labute approximate surface area is 410 Å². The van der Waals surface area contributed by atoms with E-state index in [1.165, 1.54) is 27.9 Å². The molecule has 6 bridgehead atoms. The van der Waals surface area contributed by atoms with Crippen LogP contribution in [-0.2, 0) is 62.4 Å². The van der Waals surface area contributed by atoms with Gasteiger partial charge in [-0.25, -0.2) is 5.43 Å². The van der Waals surface area contributed by atoms with Gasteiger partial charge in [0.05, 0.1) is 37.3 Å². The summed E-state index contributed by atoms with van der Waals surface area (Å²) in [5.41, 5.74) is 8.93. The number of carbonyl (C=O) groups excluding carboxylic acids is 6. The van der Waals surface area contributed by atoms with Crippen molar-refractivity contribution in [1.29, 1.82) is 0 Å². The number of cyclic esters (lactones) is 1. The van der Waals surface area contributed by atoms with E-state index < -0.39 is 70.5 Å². The number of nitrogens with zero attached hydrogens (tertiary/aromatic N) is 5. The highest BCUT2D eigenvalue weighted by atomic mass is 16.5. The van der Waals surface area contributed by atoms with Gasteiger partial charge >= 0.3 is 5.97 Å². The summed E-state index contributed by atoms with van der Waals surface area (Å²) in [7, 11) is 3.17. The first-order valence-corrected chi connectivity index (χ1v) is 24.5. The van der Waals surface area contributed by atoms with E-state index in [9.17, 15) is 28.8 Å². The van der Waals surface area contributed by atoms with E-state index in [1.807, 2.05) is 37.3 Å². The number of hydrogen-bond donors (Lipinski definition) is 2. The van der Waals surface area contributed by atoms with Gasteiger partial charge in [-0.15, -0.1) is 0 Å². The van der Waals surface area contributed by atoms with E-state index in [2.05, 4.69) is 66.9 Å². The number of aromatic nitrogens is 2. The van der Waals surface area contributed by atoms with Gasteiger partial charge in [0.25, 0.3) is 5.91 Å². The molecule has 4 aliphatic rings. The molecule has 6 heterocycles. The van der Waals surface area contributed by atoms with Crippen molar-refractivity contribution in [3.8, 4) is 22.4 Å². The Kier molecular flexibility index (Phi) is 14.5. The predicted molar refractivity (Wildman–Crippen MR) is 264 cm³/mol. The lowest BCUT2D eigenvalue weighted by Gasteiger charge is -2.37. The second-order valence-electron chi connectivity index (χ2n) is 20.4. The Morgan fingerprint density at radius 1 is 1.06 bits per heavy atom. The van der Waals surface area contributed by atoms with E-state index in [0.717, 1.165) is 50.1 Å². The summed E-state index contributed by atoms with van der Waals surface area (Å²) in [6.07, 6.45) is 4.56. The first kappa shape index (κ1) is 50.2. The molecule has 0 aliphatic carbocycles. The molecule has 16 heteroatoms. The third-order valence-electron chi connectivity index (χ3n) is 14.6. The van der Waals surface area contributed by atoms with Crippen LogP contribution in [0.15, 0.2) is 73.4 Å². The fourth-order valence-electron chi connectivity index (χ4n) is 10.9. The topological polar surface area (TPSA) is 182 Å². The summed E-state index contributed by atoms with van der Waals surface area (Å²) in [4.78, 5) is 91.5. The van der Waals surface area contributed by atoms with Crippen molar-refractivity contribution in [3.05, 3.63) is 90.3 Å². The van der Waals surface area contributed by atoms with Gasteiger partial charge in [-0.05, 0) is 91.6 Å². The van der Waals surface area contributed by atoms with Crippen molar-refractivity contribution in [2.24, 2.45) is 17.3 Å². The van der Waals surface area contributed by atoms with Crippen LogP contribution in [0.3, 0.4) is 0 Å². The number of fused-ring (bicyclic) bond motifs is 6. The van der Waals surface area contributed by atoms with Crippen molar-refractivity contribution in [2.75, 3.05) is 47.0 Å². The van der Waals surface area contributed by atoms with Gasteiger partial charge in [0, 0.05) is 74.7 Å². The number of likely N-dealkylation sites (N-methyl/N-ethyl adjacent to an activating group) is 1. The van der Waals surface area contributed by atoms with Crippen LogP contribution >= 0.6 is 0 Å². The van der Waals surface area contributed by atoms with Crippen molar-refractivity contribution in [3.63, 3.8) is 0 Å². The number of amides is 4. The number of ketones is 1. The maximum atomic E-state index is 14.8. The first-order valence-electron chi connectivity index (χ1n) is 24.5. The van der Waals surface area contributed by atoms with Crippen molar-refractivity contribution in [1.82, 2.24) is 35.1 Å². The van der Waals surface area contributed by atoms with Gasteiger partial charge < -0.3 is 33.9 Å². The van der Waals surface area contributed by atoms with Crippen LogP contribution in [0.25, 0.3) is 33.3 Å². The third-order valence-corrected chi connectivity index (χ3v) is 14.6. The van der Waals surface area contributed by atoms with Gasteiger partial charge in [-0.3, -0.25) is 38.8 Å². The molecule has 4 aromatic rings. The van der Waals surface area contributed by atoms with Crippen molar-refractivity contribution in [2.45, 2.75) is 110 Å². The second-order valence-corrected chi connectivity index (χ2v) is 20.4. The maximum absolute atomic E-state index is 14.8. The Morgan fingerprint density at radius 2 is 1.83 bits per heavy atom. The molecule has 0 saturated carbocycles. The van der Waals surface area contributed by atoms with Crippen LogP contribution in [-0.4, -0.2) is 130 Å². The van der Waals surface area contributed by atoms with E-state index in [1.54, 1.807) is 27.2 Å². The number of carbonyl (C=O) groups is 6. The second kappa shape index (κ2) is 20.2. The Balaban J connectivity index is 1.15. The fourth-order valence-corrected chi connectivity index (χ4v) is 10.9. The molecular formula is C54H67N7O9. The summed E-state index contributed by atoms with van der Waals surface area (Å²) < 4.78 is 20.3. The molecule has 4 amide bonds. The molecule has 16 nitrogen and oxygen atoms in total. The summed E-state index contributed by atoms with van der Waals surface area (Å²) >= 11 is 0. The minimum Gasteiger partial charge on any atom is -0.464 e. The lowest BCUT2D eigenvalue weighted by molar-refractivity contribution is -0.155. The number of hydrazine groups is 1. The molecule has 372 valence electrons. The smallest absolute Gasteiger partial charge is 0.324 e. The zero-order valence-corrected chi connectivity index (χ0v) is 41.7. The van der Waals surface area contributed by atoms with Crippen LogP contribution < -0.4 is 10.7 Å². The molecule has 2 aromatic carbocycles. The molecule has 3 fully saturated rings. The van der Waals surface area contributed by atoms with Crippen molar-refractivity contribution < 1.29 is 43.0 Å². The molecular weight excluding hydrogens is 891 g/mol. The average Bonchev–Trinajstić information content (AvgIpc) is 4.03. The van der Waals surface area contributed by atoms with Gasteiger partial charge in [-0.1, -0.05) is 64.6 Å². The van der Waals surface area contributed by atoms with Crippen LogP contribution in [0.2, 0.25) is 0 Å². The number of esters is 1.